The van der Waals surface area contributed by atoms with Crippen LogP contribution in [0.1, 0.15) is 32.6 Å². The molecule has 0 aliphatic carbocycles. The number of fused-ring (bicyclic) bond motifs is 1. The molecule has 1 aromatic heterocycles. The number of nitrogens with zero attached hydrogens (tertiary/aromatic N) is 2. The highest BCUT2D eigenvalue weighted by Crippen LogP contribution is 2.32. The Kier molecular flexibility index (Phi) is 4.59. The number of rotatable bonds is 5. The van der Waals surface area contributed by atoms with Gasteiger partial charge >= 0.3 is 0 Å². The van der Waals surface area contributed by atoms with E-state index in [4.69, 9.17) is 5.73 Å². The zero-order chi connectivity index (χ0) is 15.5. The van der Waals surface area contributed by atoms with Gasteiger partial charge in [0.2, 0.25) is 5.91 Å². The maximum absolute atomic E-state index is 11.9. The molecule has 1 unspecified atom stereocenters. The predicted octanol–water partition coefficient (Wildman–Crippen LogP) is 2.96. The Morgan fingerprint density at radius 1 is 1.45 bits per heavy atom. The Hall–Kier alpha value is -1.66. The highest BCUT2D eigenvalue weighted by Gasteiger charge is 2.16. The summed E-state index contributed by atoms with van der Waals surface area (Å²) in [5.74, 6) is 0.0148. The second kappa shape index (κ2) is 6.62. The zero-order valence-electron chi connectivity index (χ0n) is 12.8. The van der Waals surface area contributed by atoms with E-state index in [2.05, 4.69) is 15.2 Å². The summed E-state index contributed by atoms with van der Waals surface area (Å²) in [5, 5.41) is 4.03. The molecule has 0 saturated carbocycles. The van der Waals surface area contributed by atoms with Gasteiger partial charge in [0, 0.05) is 31.2 Å². The highest BCUT2D eigenvalue weighted by molar-refractivity contribution is 7.22. The van der Waals surface area contributed by atoms with Crippen molar-refractivity contribution in [2.45, 2.75) is 38.6 Å². The molecule has 118 valence electrons. The second-order valence-electron chi connectivity index (χ2n) is 5.94. The summed E-state index contributed by atoms with van der Waals surface area (Å²) in [6.07, 6.45) is 3.65. The number of carbonyl (C=O) groups excluding carboxylic acids is 1. The summed E-state index contributed by atoms with van der Waals surface area (Å²) in [6.45, 7) is 4.11. The van der Waals surface area contributed by atoms with Gasteiger partial charge in [0.25, 0.3) is 0 Å². The maximum Gasteiger partial charge on any atom is 0.224 e. The Labute approximate surface area is 134 Å². The topological polar surface area (TPSA) is 71.2 Å². The number of anilines is 2. The first kappa shape index (κ1) is 15.2. The molecule has 1 atom stereocenters. The van der Waals surface area contributed by atoms with Gasteiger partial charge in [0.1, 0.15) is 0 Å². The number of benzene rings is 1. The number of hydrogen-bond donors (Lipinski definition) is 2. The smallest absolute Gasteiger partial charge is 0.224 e. The molecule has 2 aromatic rings. The first-order valence-electron chi connectivity index (χ1n) is 7.83. The van der Waals surface area contributed by atoms with Gasteiger partial charge in [-0.2, -0.15) is 0 Å². The van der Waals surface area contributed by atoms with Crippen molar-refractivity contribution in [3.05, 3.63) is 18.2 Å². The Morgan fingerprint density at radius 3 is 2.95 bits per heavy atom. The van der Waals surface area contributed by atoms with Crippen molar-refractivity contribution in [1.29, 1.82) is 0 Å². The number of nitrogens with two attached hydrogens (primary N) is 1. The van der Waals surface area contributed by atoms with Crippen molar-refractivity contribution in [1.82, 2.24) is 4.98 Å². The lowest BCUT2D eigenvalue weighted by molar-refractivity contribution is -0.116. The molecule has 2 heterocycles. The Balaban J connectivity index is 1.70. The van der Waals surface area contributed by atoms with Gasteiger partial charge in [0.05, 0.1) is 10.2 Å². The van der Waals surface area contributed by atoms with E-state index in [1.54, 1.807) is 11.3 Å². The minimum absolute atomic E-state index is 0.0148. The lowest BCUT2D eigenvalue weighted by atomic mass is 10.2. The Bertz CT molecular complexity index is 661. The summed E-state index contributed by atoms with van der Waals surface area (Å²) in [4.78, 5) is 18.9. The minimum atomic E-state index is 0.0148. The van der Waals surface area contributed by atoms with Crippen molar-refractivity contribution in [3.8, 4) is 0 Å². The van der Waals surface area contributed by atoms with Crippen molar-refractivity contribution in [2.75, 3.05) is 23.3 Å². The number of aromatic nitrogens is 1. The quantitative estimate of drug-likeness (QED) is 0.889. The molecule has 1 amide bonds. The van der Waals surface area contributed by atoms with Crippen LogP contribution in [-0.4, -0.2) is 30.0 Å². The third-order valence-electron chi connectivity index (χ3n) is 3.86. The van der Waals surface area contributed by atoms with Crippen LogP contribution >= 0.6 is 11.3 Å². The molecule has 6 heteroatoms. The highest BCUT2D eigenvalue weighted by atomic mass is 32.1. The molecule has 1 aliphatic heterocycles. The van der Waals surface area contributed by atoms with Crippen LogP contribution in [0.15, 0.2) is 18.2 Å². The lowest BCUT2D eigenvalue weighted by Crippen LogP contribution is -2.19. The fourth-order valence-corrected chi connectivity index (χ4v) is 3.67. The van der Waals surface area contributed by atoms with Crippen LogP contribution in [-0.2, 0) is 4.79 Å². The summed E-state index contributed by atoms with van der Waals surface area (Å²) in [7, 11) is 0. The van der Waals surface area contributed by atoms with E-state index in [1.165, 1.54) is 12.8 Å². The van der Waals surface area contributed by atoms with Crippen LogP contribution in [0.3, 0.4) is 0 Å². The number of carbonyl (C=O) groups is 1. The van der Waals surface area contributed by atoms with Crippen LogP contribution in [0, 0.1) is 0 Å². The molecule has 0 bridgehead atoms. The lowest BCUT2D eigenvalue weighted by Gasteiger charge is -2.11. The fourth-order valence-electron chi connectivity index (χ4n) is 2.62. The number of nitrogens with one attached hydrogen (secondary N) is 1. The molecular formula is C16H22N4OS. The van der Waals surface area contributed by atoms with Gasteiger partial charge < -0.3 is 16.0 Å². The molecule has 0 spiro atoms. The molecule has 1 fully saturated rings. The molecular weight excluding hydrogens is 296 g/mol. The van der Waals surface area contributed by atoms with Crippen molar-refractivity contribution in [3.63, 3.8) is 0 Å². The summed E-state index contributed by atoms with van der Waals surface area (Å²) in [6, 6.07) is 5.96. The molecule has 3 rings (SSSR count). The largest absolute Gasteiger partial charge is 0.348 e. The van der Waals surface area contributed by atoms with Gasteiger partial charge in [-0.15, -0.1) is 0 Å². The first-order valence-corrected chi connectivity index (χ1v) is 8.64. The number of thiazole rings is 1. The van der Waals surface area contributed by atoms with Crippen LogP contribution in [0.5, 0.6) is 0 Å². The molecule has 1 aliphatic rings. The monoisotopic (exact) mass is 318 g/mol. The van der Waals surface area contributed by atoms with Gasteiger partial charge in [-0.1, -0.05) is 11.3 Å². The predicted molar refractivity (Wildman–Crippen MR) is 92.6 cm³/mol. The van der Waals surface area contributed by atoms with Crippen LogP contribution in [0.4, 0.5) is 10.8 Å². The third kappa shape index (κ3) is 3.56. The van der Waals surface area contributed by atoms with Crippen LogP contribution < -0.4 is 16.0 Å². The van der Waals surface area contributed by atoms with Crippen LogP contribution in [0.25, 0.3) is 10.2 Å². The van der Waals surface area contributed by atoms with Gasteiger partial charge in [-0.25, -0.2) is 4.98 Å². The maximum atomic E-state index is 11.9. The molecule has 5 nitrogen and oxygen atoms in total. The Morgan fingerprint density at radius 2 is 2.23 bits per heavy atom. The minimum Gasteiger partial charge on any atom is -0.348 e. The van der Waals surface area contributed by atoms with E-state index < -0.39 is 0 Å². The molecule has 3 N–H and O–H groups in total. The normalized spacial score (nSPS) is 16.2. The van der Waals surface area contributed by atoms with Gasteiger partial charge in [-0.3, -0.25) is 4.79 Å². The summed E-state index contributed by atoms with van der Waals surface area (Å²) >= 11 is 1.70. The number of amides is 1. The van der Waals surface area contributed by atoms with Crippen molar-refractivity contribution >= 4 is 38.3 Å². The van der Waals surface area contributed by atoms with E-state index in [-0.39, 0.29) is 11.9 Å². The van der Waals surface area contributed by atoms with Gasteiger partial charge in [-0.05, 0) is 44.4 Å². The second-order valence-corrected chi connectivity index (χ2v) is 6.95. The van der Waals surface area contributed by atoms with E-state index in [1.807, 2.05) is 25.1 Å². The average molecular weight is 318 g/mol. The molecule has 0 radical (unpaired) electrons. The van der Waals surface area contributed by atoms with Gasteiger partial charge in [0.15, 0.2) is 5.13 Å². The summed E-state index contributed by atoms with van der Waals surface area (Å²) in [5.41, 5.74) is 7.51. The fraction of sp³-hybridized carbons (Fsp3) is 0.500. The van der Waals surface area contributed by atoms with Crippen molar-refractivity contribution in [2.24, 2.45) is 5.73 Å². The molecule has 22 heavy (non-hydrogen) atoms. The van der Waals surface area contributed by atoms with Crippen LogP contribution in [0.2, 0.25) is 0 Å². The third-order valence-corrected chi connectivity index (χ3v) is 4.94. The van der Waals surface area contributed by atoms with E-state index in [0.29, 0.717) is 12.8 Å². The SMILES string of the molecule is CC(N)CCC(=O)Nc1ccc2nc(N3CCCC3)sc2c1. The summed E-state index contributed by atoms with van der Waals surface area (Å²) < 4.78 is 1.12. The average Bonchev–Trinajstić information content (AvgIpc) is 3.13. The molecule has 1 aromatic carbocycles. The van der Waals surface area contributed by atoms with E-state index in [9.17, 15) is 4.79 Å². The standard InChI is InChI=1S/C16H22N4OS/c1-11(17)4-7-15(21)18-12-5-6-13-14(10-12)22-16(19-13)20-8-2-3-9-20/h5-6,10-11H,2-4,7-9,17H2,1H3,(H,18,21). The van der Waals surface area contributed by atoms with Crippen molar-refractivity contribution < 1.29 is 4.79 Å². The first-order chi connectivity index (χ1) is 10.6. The van der Waals surface area contributed by atoms with E-state index >= 15 is 0 Å². The molecule has 1 saturated heterocycles. The zero-order valence-corrected chi connectivity index (χ0v) is 13.7. The van der Waals surface area contributed by atoms with E-state index in [0.717, 1.165) is 34.1 Å². The number of hydrogen-bond acceptors (Lipinski definition) is 5.